The van der Waals surface area contributed by atoms with E-state index in [4.69, 9.17) is 0 Å². The smallest absolute Gasteiger partial charge is 0.331 e. The molecule has 2 aromatic carbocycles. The molecule has 2 aromatic rings. The van der Waals surface area contributed by atoms with Gasteiger partial charge in [-0.1, -0.05) is 30.3 Å². The molecular weight excluding hydrogens is 322 g/mol. The van der Waals surface area contributed by atoms with Gasteiger partial charge in [0.2, 0.25) is 0 Å². The van der Waals surface area contributed by atoms with Crippen LogP contribution in [0.2, 0.25) is 0 Å². The van der Waals surface area contributed by atoms with E-state index in [1.165, 1.54) is 41.3 Å². The summed E-state index contributed by atoms with van der Waals surface area (Å²) in [4.78, 5) is 14.0. The molecule has 126 valence electrons. The van der Waals surface area contributed by atoms with Crippen molar-refractivity contribution in [3.05, 3.63) is 71.0 Å². The molecule has 0 heterocycles. The molecule has 1 fully saturated rings. The molecule has 1 amide bonds. The van der Waals surface area contributed by atoms with Crippen LogP contribution < -0.4 is 0 Å². The maximum Gasteiger partial charge on any atom is 0.417 e. The Bertz CT molecular complexity index is 753. The number of rotatable bonds is 4. The molecule has 6 heteroatoms. The molecule has 3 rings (SSSR count). The summed E-state index contributed by atoms with van der Waals surface area (Å²) in [5, 5.41) is 0. The van der Waals surface area contributed by atoms with E-state index in [0.717, 1.165) is 6.07 Å². The third-order valence-corrected chi connectivity index (χ3v) is 4.01. The molecule has 0 radical (unpaired) electrons. The predicted molar refractivity (Wildman–Crippen MR) is 80.7 cm³/mol. The van der Waals surface area contributed by atoms with Gasteiger partial charge >= 0.3 is 6.18 Å². The third-order valence-electron chi connectivity index (χ3n) is 4.01. The molecule has 0 saturated heterocycles. The van der Waals surface area contributed by atoms with Crippen molar-refractivity contribution in [2.24, 2.45) is 0 Å². The van der Waals surface area contributed by atoms with Crippen molar-refractivity contribution in [2.75, 3.05) is 0 Å². The lowest BCUT2D eigenvalue weighted by molar-refractivity contribution is -0.138. The first-order valence-electron chi connectivity index (χ1n) is 7.58. The summed E-state index contributed by atoms with van der Waals surface area (Å²) in [6.07, 6.45) is -3.18. The van der Waals surface area contributed by atoms with Crippen molar-refractivity contribution in [3.8, 4) is 0 Å². The minimum atomic E-state index is -4.61. The van der Waals surface area contributed by atoms with E-state index in [1.807, 2.05) is 0 Å². The van der Waals surface area contributed by atoms with E-state index in [9.17, 15) is 22.4 Å². The fourth-order valence-corrected chi connectivity index (χ4v) is 2.63. The zero-order chi connectivity index (χ0) is 17.3. The Hall–Kier alpha value is -2.37. The molecular formula is C18H15F4NO. The Morgan fingerprint density at radius 1 is 1.04 bits per heavy atom. The fraction of sp³-hybridized carbons (Fsp3) is 0.278. The topological polar surface area (TPSA) is 20.3 Å². The van der Waals surface area contributed by atoms with Crippen molar-refractivity contribution >= 4 is 5.91 Å². The van der Waals surface area contributed by atoms with Gasteiger partial charge in [0.1, 0.15) is 5.82 Å². The summed E-state index contributed by atoms with van der Waals surface area (Å²) in [5.41, 5.74) is -1.07. The monoisotopic (exact) mass is 337 g/mol. The quantitative estimate of drug-likeness (QED) is 0.744. The van der Waals surface area contributed by atoms with Crippen LogP contribution in [0.4, 0.5) is 17.6 Å². The highest BCUT2D eigenvalue weighted by molar-refractivity contribution is 5.96. The van der Waals surface area contributed by atoms with E-state index in [-0.39, 0.29) is 12.6 Å². The molecule has 0 bridgehead atoms. The average molecular weight is 337 g/mol. The van der Waals surface area contributed by atoms with Gasteiger partial charge in [-0.05, 0) is 31.0 Å². The number of halogens is 4. The van der Waals surface area contributed by atoms with Crippen LogP contribution in [0.25, 0.3) is 0 Å². The second-order valence-electron chi connectivity index (χ2n) is 5.80. The summed E-state index contributed by atoms with van der Waals surface area (Å²) in [6, 6.07) is 10.5. The first-order chi connectivity index (χ1) is 11.4. The average Bonchev–Trinajstić information content (AvgIpc) is 3.37. The molecule has 1 aliphatic carbocycles. The largest absolute Gasteiger partial charge is 0.417 e. The minimum absolute atomic E-state index is 0.0393. The molecule has 0 atom stereocenters. The summed E-state index contributed by atoms with van der Waals surface area (Å²) < 4.78 is 53.3. The number of nitrogens with zero attached hydrogens (tertiary/aromatic N) is 1. The SMILES string of the molecule is O=C(c1ccccc1C(F)(F)F)N(Cc1ccccc1F)C1CC1. The maximum absolute atomic E-state index is 13.9. The molecule has 0 aromatic heterocycles. The summed E-state index contributed by atoms with van der Waals surface area (Å²) in [7, 11) is 0. The van der Waals surface area contributed by atoms with Gasteiger partial charge in [0.15, 0.2) is 0 Å². The molecule has 24 heavy (non-hydrogen) atoms. The van der Waals surface area contributed by atoms with Crippen molar-refractivity contribution in [1.82, 2.24) is 4.90 Å². The van der Waals surface area contributed by atoms with Crippen molar-refractivity contribution in [3.63, 3.8) is 0 Å². The minimum Gasteiger partial charge on any atom is -0.331 e. The van der Waals surface area contributed by atoms with E-state index in [1.54, 1.807) is 6.07 Å². The van der Waals surface area contributed by atoms with Crippen LogP contribution in [0.5, 0.6) is 0 Å². The number of hydrogen-bond donors (Lipinski definition) is 0. The lowest BCUT2D eigenvalue weighted by Crippen LogP contribution is -2.34. The Morgan fingerprint density at radius 3 is 2.29 bits per heavy atom. The first-order valence-corrected chi connectivity index (χ1v) is 7.58. The highest BCUT2D eigenvalue weighted by atomic mass is 19.4. The first kappa shape index (κ1) is 16.5. The molecule has 1 saturated carbocycles. The molecule has 1 aliphatic rings. The number of hydrogen-bond acceptors (Lipinski definition) is 1. The second kappa shape index (κ2) is 6.26. The van der Waals surface area contributed by atoms with Crippen LogP contribution in [0.15, 0.2) is 48.5 Å². The Morgan fingerprint density at radius 2 is 1.67 bits per heavy atom. The number of amides is 1. The summed E-state index contributed by atoms with van der Waals surface area (Å²) in [6.45, 7) is -0.0393. The standard InChI is InChI=1S/C18H15F4NO/c19-16-8-4-1-5-12(16)11-23(13-9-10-13)17(24)14-6-2-3-7-15(14)18(20,21)22/h1-8,13H,9-11H2. The van der Waals surface area contributed by atoms with Gasteiger partial charge in [-0.15, -0.1) is 0 Å². The Kier molecular flexibility index (Phi) is 4.30. The number of carbonyl (C=O) groups is 1. The molecule has 0 N–H and O–H groups in total. The van der Waals surface area contributed by atoms with Gasteiger partial charge in [0, 0.05) is 18.2 Å². The van der Waals surface area contributed by atoms with Gasteiger partial charge in [-0.3, -0.25) is 4.79 Å². The lowest BCUT2D eigenvalue weighted by Gasteiger charge is -2.24. The summed E-state index contributed by atoms with van der Waals surface area (Å²) >= 11 is 0. The van der Waals surface area contributed by atoms with Crippen LogP contribution >= 0.6 is 0 Å². The highest BCUT2D eigenvalue weighted by Crippen LogP contribution is 2.35. The van der Waals surface area contributed by atoms with Crippen LogP contribution in [0.1, 0.15) is 34.3 Å². The van der Waals surface area contributed by atoms with Gasteiger partial charge in [0.05, 0.1) is 11.1 Å². The lowest BCUT2D eigenvalue weighted by atomic mass is 10.1. The fourth-order valence-electron chi connectivity index (χ4n) is 2.63. The van der Waals surface area contributed by atoms with Gasteiger partial charge in [-0.2, -0.15) is 13.2 Å². The molecule has 2 nitrogen and oxygen atoms in total. The Labute approximate surface area is 136 Å². The second-order valence-corrected chi connectivity index (χ2v) is 5.80. The maximum atomic E-state index is 13.9. The van der Waals surface area contributed by atoms with Gasteiger partial charge in [-0.25, -0.2) is 4.39 Å². The molecule has 0 spiro atoms. The van der Waals surface area contributed by atoms with Crippen molar-refractivity contribution in [2.45, 2.75) is 31.6 Å². The van der Waals surface area contributed by atoms with E-state index >= 15 is 0 Å². The van der Waals surface area contributed by atoms with Crippen LogP contribution in [0.3, 0.4) is 0 Å². The zero-order valence-electron chi connectivity index (χ0n) is 12.7. The van der Waals surface area contributed by atoms with Crippen molar-refractivity contribution < 1.29 is 22.4 Å². The number of carbonyl (C=O) groups excluding carboxylic acids is 1. The third kappa shape index (κ3) is 3.42. The number of benzene rings is 2. The van der Waals surface area contributed by atoms with E-state index < -0.39 is 29.0 Å². The van der Waals surface area contributed by atoms with Gasteiger partial charge < -0.3 is 4.90 Å². The predicted octanol–water partition coefficient (Wildman–Crippen LogP) is 4.65. The molecule has 0 unspecified atom stereocenters. The summed E-state index contributed by atoms with van der Waals surface area (Å²) in [5.74, 6) is -1.19. The normalized spacial score (nSPS) is 14.5. The van der Waals surface area contributed by atoms with Crippen molar-refractivity contribution in [1.29, 1.82) is 0 Å². The Balaban J connectivity index is 1.93. The van der Waals surface area contributed by atoms with Crippen LogP contribution in [0, 0.1) is 5.82 Å². The number of alkyl halides is 3. The van der Waals surface area contributed by atoms with E-state index in [0.29, 0.717) is 18.4 Å². The zero-order valence-corrected chi connectivity index (χ0v) is 12.7. The van der Waals surface area contributed by atoms with Gasteiger partial charge in [0.25, 0.3) is 5.91 Å². The van der Waals surface area contributed by atoms with Crippen LogP contribution in [-0.2, 0) is 12.7 Å². The van der Waals surface area contributed by atoms with E-state index in [2.05, 4.69) is 0 Å². The molecule has 0 aliphatic heterocycles. The highest BCUT2D eigenvalue weighted by Gasteiger charge is 2.39. The van der Waals surface area contributed by atoms with Crippen LogP contribution in [-0.4, -0.2) is 16.8 Å².